The molecule has 2 atom stereocenters. The van der Waals surface area contributed by atoms with Crippen LogP contribution in [0.25, 0.3) is 17.1 Å². The average Bonchev–Trinajstić information content (AvgIpc) is 3.21. The fraction of sp³-hybridized carbons (Fsp3) is 0.400. The van der Waals surface area contributed by atoms with Crippen molar-refractivity contribution in [3.8, 4) is 22.8 Å². The van der Waals surface area contributed by atoms with Crippen molar-refractivity contribution in [2.45, 2.75) is 45.1 Å². The third-order valence-corrected chi connectivity index (χ3v) is 6.33. The largest absolute Gasteiger partial charge is 0.494 e. The van der Waals surface area contributed by atoms with Crippen molar-refractivity contribution < 1.29 is 14.3 Å². The number of hydrogen-bond donors (Lipinski definition) is 0. The number of amides is 1. The highest BCUT2D eigenvalue weighted by molar-refractivity contribution is 7.99. The summed E-state index contributed by atoms with van der Waals surface area (Å²) in [5.41, 5.74) is 3.04. The van der Waals surface area contributed by atoms with Crippen LogP contribution < -0.4 is 4.74 Å². The van der Waals surface area contributed by atoms with Crippen molar-refractivity contribution >= 4 is 17.7 Å². The molecule has 3 aromatic rings. The summed E-state index contributed by atoms with van der Waals surface area (Å²) in [6.45, 7) is 9.86. The van der Waals surface area contributed by atoms with Crippen LogP contribution in [0, 0.1) is 6.92 Å². The van der Waals surface area contributed by atoms with E-state index in [1.54, 1.807) is 0 Å². The van der Waals surface area contributed by atoms with Gasteiger partial charge >= 0.3 is 0 Å². The monoisotopic (exact) mass is 466 g/mol. The standard InChI is InChI=1S/C25H30N4O3S/c1-5-31-22-11-9-21(10-12-22)29-24(20-8-6-7-17(2)13-20)26-27-25(29)33-16-23(30)28-14-18(3)32-19(4)15-28/h6-13,18-19H,5,14-16H2,1-4H3/t18-,19-/m1/s1. The lowest BCUT2D eigenvalue weighted by Crippen LogP contribution is -2.48. The fourth-order valence-electron chi connectivity index (χ4n) is 4.02. The molecular formula is C25H30N4O3S. The second-order valence-corrected chi connectivity index (χ2v) is 9.23. The van der Waals surface area contributed by atoms with E-state index in [0.717, 1.165) is 28.4 Å². The van der Waals surface area contributed by atoms with Crippen molar-refractivity contribution in [1.82, 2.24) is 19.7 Å². The summed E-state index contributed by atoms with van der Waals surface area (Å²) >= 11 is 1.41. The average molecular weight is 467 g/mol. The maximum absolute atomic E-state index is 12.9. The summed E-state index contributed by atoms with van der Waals surface area (Å²) < 4.78 is 13.4. The van der Waals surface area contributed by atoms with Gasteiger partial charge in [-0.2, -0.15) is 0 Å². The number of morpholine rings is 1. The van der Waals surface area contributed by atoms with E-state index >= 15 is 0 Å². The number of hydrogen-bond acceptors (Lipinski definition) is 6. The van der Waals surface area contributed by atoms with Gasteiger partial charge < -0.3 is 14.4 Å². The molecular weight excluding hydrogens is 436 g/mol. The smallest absolute Gasteiger partial charge is 0.233 e. The number of aromatic nitrogens is 3. The first-order valence-electron chi connectivity index (χ1n) is 11.3. The topological polar surface area (TPSA) is 69.5 Å². The number of ether oxygens (including phenoxy) is 2. The summed E-state index contributed by atoms with van der Waals surface area (Å²) in [5, 5.41) is 9.63. The minimum absolute atomic E-state index is 0.0446. The second-order valence-electron chi connectivity index (χ2n) is 8.28. The molecule has 0 aliphatic carbocycles. The van der Waals surface area contributed by atoms with Gasteiger partial charge in [-0.1, -0.05) is 35.5 Å². The van der Waals surface area contributed by atoms with Crippen LogP contribution in [-0.2, 0) is 9.53 Å². The van der Waals surface area contributed by atoms with E-state index in [-0.39, 0.29) is 18.1 Å². The van der Waals surface area contributed by atoms with Gasteiger partial charge in [-0.25, -0.2) is 0 Å². The fourth-order valence-corrected chi connectivity index (χ4v) is 4.88. The third-order valence-electron chi connectivity index (χ3n) is 5.41. The Morgan fingerprint density at radius 2 is 1.85 bits per heavy atom. The van der Waals surface area contributed by atoms with E-state index in [4.69, 9.17) is 9.47 Å². The summed E-state index contributed by atoms with van der Waals surface area (Å²) in [6, 6.07) is 16.0. The van der Waals surface area contributed by atoms with Gasteiger partial charge in [-0.05, 0) is 58.0 Å². The lowest BCUT2D eigenvalue weighted by molar-refractivity contribution is -0.140. The molecule has 4 rings (SSSR count). The molecule has 1 aliphatic rings. The van der Waals surface area contributed by atoms with Gasteiger partial charge in [-0.15, -0.1) is 10.2 Å². The second kappa shape index (κ2) is 10.4. The van der Waals surface area contributed by atoms with Crippen LogP contribution in [0.3, 0.4) is 0 Å². The Morgan fingerprint density at radius 1 is 1.12 bits per heavy atom. The number of rotatable bonds is 7. The Bertz CT molecular complexity index is 1090. The SMILES string of the molecule is CCOc1ccc(-n2c(SCC(=O)N3C[C@@H](C)O[C@H](C)C3)nnc2-c2cccc(C)c2)cc1. The molecule has 1 fully saturated rings. The molecule has 2 aromatic carbocycles. The number of aryl methyl sites for hydroxylation is 1. The van der Waals surface area contributed by atoms with Crippen LogP contribution in [0.15, 0.2) is 53.7 Å². The van der Waals surface area contributed by atoms with Gasteiger partial charge in [0, 0.05) is 24.3 Å². The van der Waals surface area contributed by atoms with E-state index < -0.39 is 0 Å². The molecule has 33 heavy (non-hydrogen) atoms. The number of carbonyl (C=O) groups is 1. The molecule has 0 N–H and O–H groups in total. The first-order chi connectivity index (χ1) is 15.9. The van der Waals surface area contributed by atoms with Crippen LogP contribution in [0.4, 0.5) is 0 Å². The lowest BCUT2D eigenvalue weighted by atomic mass is 10.1. The molecule has 0 saturated carbocycles. The minimum Gasteiger partial charge on any atom is -0.494 e. The van der Waals surface area contributed by atoms with Crippen LogP contribution in [0.5, 0.6) is 5.75 Å². The van der Waals surface area contributed by atoms with Gasteiger partial charge in [0.2, 0.25) is 5.91 Å². The Labute approximate surface area is 199 Å². The zero-order valence-electron chi connectivity index (χ0n) is 19.5. The maximum atomic E-state index is 12.9. The first-order valence-corrected chi connectivity index (χ1v) is 12.2. The molecule has 8 heteroatoms. The molecule has 0 spiro atoms. The summed E-state index contributed by atoms with van der Waals surface area (Å²) in [4.78, 5) is 14.8. The highest BCUT2D eigenvalue weighted by Crippen LogP contribution is 2.29. The van der Waals surface area contributed by atoms with Crippen molar-refractivity contribution in [2.75, 3.05) is 25.4 Å². The lowest BCUT2D eigenvalue weighted by Gasteiger charge is -2.35. The van der Waals surface area contributed by atoms with Crippen molar-refractivity contribution in [1.29, 1.82) is 0 Å². The Morgan fingerprint density at radius 3 is 2.52 bits per heavy atom. The quantitative estimate of drug-likeness (QED) is 0.482. The number of benzene rings is 2. The van der Waals surface area contributed by atoms with Gasteiger partial charge in [0.25, 0.3) is 0 Å². The van der Waals surface area contributed by atoms with E-state index in [1.165, 1.54) is 11.8 Å². The summed E-state index contributed by atoms with van der Waals surface area (Å²) in [7, 11) is 0. The summed E-state index contributed by atoms with van der Waals surface area (Å²) in [6.07, 6.45) is 0.0891. The van der Waals surface area contributed by atoms with Crippen LogP contribution in [0.2, 0.25) is 0 Å². The zero-order chi connectivity index (χ0) is 23.4. The third kappa shape index (κ3) is 5.57. The number of nitrogens with zero attached hydrogens (tertiary/aromatic N) is 4. The minimum atomic E-state index is 0.0446. The molecule has 1 saturated heterocycles. The number of thioether (sulfide) groups is 1. The van der Waals surface area contributed by atoms with E-state index in [2.05, 4.69) is 29.3 Å². The number of carbonyl (C=O) groups excluding carboxylic acids is 1. The molecule has 1 aromatic heterocycles. The molecule has 1 amide bonds. The normalized spacial score (nSPS) is 18.4. The van der Waals surface area contributed by atoms with Crippen LogP contribution >= 0.6 is 11.8 Å². The first kappa shape index (κ1) is 23.3. The van der Waals surface area contributed by atoms with Gasteiger partial charge in [0.15, 0.2) is 11.0 Å². The molecule has 2 heterocycles. The highest BCUT2D eigenvalue weighted by Gasteiger charge is 2.26. The van der Waals surface area contributed by atoms with Gasteiger partial charge in [0.1, 0.15) is 5.75 Å². The predicted octanol–water partition coefficient (Wildman–Crippen LogP) is 4.37. The van der Waals surface area contributed by atoms with Crippen molar-refractivity contribution in [3.63, 3.8) is 0 Å². The zero-order valence-corrected chi connectivity index (χ0v) is 20.3. The Hall–Kier alpha value is -2.84. The van der Waals surface area contributed by atoms with Gasteiger partial charge in [0.05, 0.1) is 24.6 Å². The molecule has 174 valence electrons. The van der Waals surface area contributed by atoms with Crippen molar-refractivity contribution in [3.05, 3.63) is 54.1 Å². The predicted molar refractivity (Wildman–Crippen MR) is 130 cm³/mol. The van der Waals surface area contributed by atoms with E-state index in [9.17, 15) is 4.79 Å². The van der Waals surface area contributed by atoms with Crippen LogP contribution in [-0.4, -0.2) is 63.2 Å². The maximum Gasteiger partial charge on any atom is 0.233 e. The highest BCUT2D eigenvalue weighted by atomic mass is 32.2. The van der Waals surface area contributed by atoms with E-state index in [0.29, 0.717) is 30.6 Å². The molecule has 1 aliphatic heterocycles. The Kier molecular flexibility index (Phi) is 7.35. The Balaban J connectivity index is 1.61. The molecule has 0 bridgehead atoms. The van der Waals surface area contributed by atoms with Crippen molar-refractivity contribution in [2.24, 2.45) is 0 Å². The molecule has 7 nitrogen and oxygen atoms in total. The van der Waals surface area contributed by atoms with Gasteiger partial charge in [-0.3, -0.25) is 9.36 Å². The van der Waals surface area contributed by atoms with Crippen LogP contribution in [0.1, 0.15) is 26.3 Å². The summed E-state index contributed by atoms with van der Waals surface area (Å²) in [5.74, 6) is 1.93. The molecule has 0 radical (unpaired) electrons. The van der Waals surface area contributed by atoms with E-state index in [1.807, 2.05) is 66.6 Å². The molecule has 0 unspecified atom stereocenters.